The Bertz CT molecular complexity index is 600. The molecular weight excluding hydrogens is 356 g/mol. The molecule has 0 radical (unpaired) electrons. The van der Waals surface area contributed by atoms with Crippen molar-refractivity contribution < 1.29 is 19.4 Å². The van der Waals surface area contributed by atoms with Crippen LogP contribution in [0.3, 0.4) is 0 Å². The highest BCUT2D eigenvalue weighted by molar-refractivity contribution is 5.80. The Hall–Kier alpha value is -1.14. The van der Waals surface area contributed by atoms with Crippen LogP contribution in [0.5, 0.6) is 0 Å². The lowest BCUT2D eigenvalue weighted by Crippen LogP contribution is -2.62. The van der Waals surface area contributed by atoms with E-state index in [9.17, 15) is 14.7 Å². The van der Waals surface area contributed by atoms with E-state index >= 15 is 0 Å². The van der Waals surface area contributed by atoms with Gasteiger partial charge in [0, 0.05) is 31.7 Å². The summed E-state index contributed by atoms with van der Waals surface area (Å²) in [6.07, 6.45) is 7.77. The zero-order chi connectivity index (χ0) is 19.9. The minimum absolute atomic E-state index is 0.0180. The van der Waals surface area contributed by atoms with Crippen LogP contribution in [0.4, 0.5) is 0 Å². The molecule has 3 atom stereocenters. The van der Waals surface area contributed by atoms with Gasteiger partial charge in [0.1, 0.15) is 6.61 Å². The van der Waals surface area contributed by atoms with Gasteiger partial charge in [0.05, 0.1) is 5.60 Å². The number of carbonyl (C=O) groups is 2. The number of nitrogens with one attached hydrogen (secondary N) is 1. The van der Waals surface area contributed by atoms with Crippen LogP contribution in [0.15, 0.2) is 0 Å². The summed E-state index contributed by atoms with van der Waals surface area (Å²) >= 11 is 0. The zero-order valence-corrected chi connectivity index (χ0v) is 17.4. The third kappa shape index (κ3) is 3.82. The molecule has 5 aliphatic rings. The summed E-state index contributed by atoms with van der Waals surface area (Å²) in [7, 11) is 0. The fourth-order valence-corrected chi connectivity index (χ4v) is 6.95. The monoisotopic (exact) mass is 392 g/mol. The summed E-state index contributed by atoms with van der Waals surface area (Å²) in [6.45, 7) is 5.97. The maximum absolute atomic E-state index is 12.9. The minimum Gasteiger partial charge on any atom is -0.390 e. The highest BCUT2D eigenvalue weighted by Gasteiger charge is 2.59. The average molecular weight is 393 g/mol. The third-order valence-electron chi connectivity index (χ3n) is 8.00. The number of hydrogen-bond donors (Lipinski definition) is 2. The molecule has 2 N–H and O–H groups in total. The van der Waals surface area contributed by atoms with Crippen LogP contribution in [0.2, 0.25) is 0 Å². The van der Waals surface area contributed by atoms with E-state index in [2.05, 4.69) is 12.2 Å². The summed E-state index contributed by atoms with van der Waals surface area (Å²) in [5, 5.41) is 14.3. The van der Waals surface area contributed by atoms with Gasteiger partial charge in [-0.3, -0.25) is 9.59 Å². The van der Waals surface area contributed by atoms with Crippen LogP contribution < -0.4 is 5.32 Å². The van der Waals surface area contributed by atoms with E-state index in [4.69, 9.17) is 4.74 Å². The van der Waals surface area contributed by atoms with Crippen LogP contribution >= 0.6 is 0 Å². The Morgan fingerprint density at radius 3 is 2.39 bits per heavy atom. The quantitative estimate of drug-likeness (QED) is 0.726. The Kier molecular flexibility index (Phi) is 5.47. The van der Waals surface area contributed by atoms with E-state index in [1.807, 2.05) is 11.8 Å². The lowest BCUT2D eigenvalue weighted by molar-refractivity contribution is -0.173. The fraction of sp³-hybridized carbons (Fsp3) is 0.909. The van der Waals surface area contributed by atoms with Crippen LogP contribution in [0, 0.1) is 23.2 Å². The molecule has 6 heteroatoms. The molecule has 0 aromatic carbocycles. The van der Waals surface area contributed by atoms with Crippen molar-refractivity contribution in [1.82, 2.24) is 10.2 Å². The van der Waals surface area contributed by atoms with Gasteiger partial charge in [-0.1, -0.05) is 0 Å². The van der Waals surface area contributed by atoms with Crippen molar-refractivity contribution in [1.29, 1.82) is 0 Å². The molecule has 4 saturated carbocycles. The first-order valence-electron chi connectivity index (χ1n) is 11.2. The molecule has 0 aromatic heterocycles. The third-order valence-corrected chi connectivity index (χ3v) is 8.00. The molecule has 0 unspecified atom stereocenters. The lowest BCUT2D eigenvalue weighted by Gasteiger charge is -2.62. The summed E-state index contributed by atoms with van der Waals surface area (Å²) in [5.41, 5.74) is -0.419. The second-order valence-electron chi connectivity index (χ2n) is 10.1. The topological polar surface area (TPSA) is 78.9 Å². The van der Waals surface area contributed by atoms with Gasteiger partial charge in [-0.25, -0.2) is 0 Å². The second kappa shape index (κ2) is 7.60. The van der Waals surface area contributed by atoms with Crippen molar-refractivity contribution in [3.63, 3.8) is 0 Å². The standard InChI is InChI=1S/C22H36N2O4/c1-3-28-13-19(25)24-6-4-18(5-7-24)20(26)23-15(2)21-9-16-8-17(10-21)12-22(27,11-16)14-21/h15-18,27H,3-14H2,1-2H3,(H,23,26)/t15-,16-,17-,21?,22?/m1/s1. The number of hydrogen-bond acceptors (Lipinski definition) is 4. The number of ether oxygens (including phenoxy) is 1. The molecule has 28 heavy (non-hydrogen) atoms. The molecule has 6 nitrogen and oxygen atoms in total. The van der Waals surface area contributed by atoms with Crippen LogP contribution in [0.25, 0.3) is 0 Å². The van der Waals surface area contributed by atoms with Crippen molar-refractivity contribution in [3.05, 3.63) is 0 Å². The Morgan fingerprint density at radius 2 is 1.82 bits per heavy atom. The molecule has 5 rings (SSSR count). The molecular formula is C22H36N2O4. The van der Waals surface area contributed by atoms with Crippen molar-refractivity contribution >= 4 is 11.8 Å². The maximum atomic E-state index is 12.9. The van der Waals surface area contributed by atoms with Gasteiger partial charge in [-0.15, -0.1) is 0 Å². The number of amides is 2. The first-order valence-corrected chi connectivity index (χ1v) is 11.2. The molecule has 1 saturated heterocycles. The first kappa shape index (κ1) is 20.1. The zero-order valence-electron chi connectivity index (χ0n) is 17.4. The van der Waals surface area contributed by atoms with Gasteiger partial charge in [-0.05, 0) is 82.5 Å². The van der Waals surface area contributed by atoms with E-state index in [0.717, 1.165) is 44.9 Å². The Morgan fingerprint density at radius 1 is 1.18 bits per heavy atom. The van der Waals surface area contributed by atoms with Crippen molar-refractivity contribution in [2.75, 3.05) is 26.3 Å². The molecule has 5 fully saturated rings. The van der Waals surface area contributed by atoms with Gasteiger partial charge in [-0.2, -0.15) is 0 Å². The second-order valence-corrected chi connectivity index (χ2v) is 10.1. The van der Waals surface area contributed by atoms with Gasteiger partial charge < -0.3 is 20.1 Å². The SMILES string of the molecule is CCOCC(=O)N1CCC(C(=O)N[C@H](C)C23C[C@H]4C[C@@H](CC(O)(C4)C2)C3)CC1. The van der Waals surface area contributed by atoms with Crippen LogP contribution in [-0.4, -0.2) is 59.8 Å². The van der Waals surface area contributed by atoms with E-state index < -0.39 is 5.60 Å². The normalized spacial score (nSPS) is 38.5. The molecule has 0 aromatic rings. The minimum atomic E-state index is -0.491. The average Bonchev–Trinajstić information content (AvgIpc) is 2.64. The number of piperidine rings is 1. The highest BCUT2D eigenvalue weighted by atomic mass is 16.5. The molecule has 0 spiro atoms. The molecule has 158 valence electrons. The Balaban J connectivity index is 1.30. The lowest BCUT2D eigenvalue weighted by atomic mass is 9.46. The first-order chi connectivity index (χ1) is 13.3. The maximum Gasteiger partial charge on any atom is 0.248 e. The highest BCUT2D eigenvalue weighted by Crippen LogP contribution is 2.62. The number of rotatable bonds is 6. The Labute approximate surface area is 168 Å². The number of aliphatic hydroxyl groups is 1. The summed E-state index contributed by atoms with van der Waals surface area (Å²) < 4.78 is 5.21. The summed E-state index contributed by atoms with van der Waals surface area (Å²) in [5.74, 6) is 1.40. The number of carbonyl (C=O) groups excluding carboxylic acids is 2. The molecule has 1 heterocycles. The summed E-state index contributed by atoms with van der Waals surface area (Å²) in [4.78, 5) is 26.8. The van der Waals surface area contributed by atoms with Gasteiger partial charge in [0.25, 0.3) is 0 Å². The fourth-order valence-electron chi connectivity index (χ4n) is 6.95. The smallest absolute Gasteiger partial charge is 0.248 e. The largest absolute Gasteiger partial charge is 0.390 e. The predicted octanol–water partition coefficient (Wildman–Crippen LogP) is 2.10. The molecule has 1 aliphatic heterocycles. The molecule has 4 bridgehead atoms. The van der Waals surface area contributed by atoms with Gasteiger partial charge >= 0.3 is 0 Å². The van der Waals surface area contributed by atoms with E-state index in [0.29, 0.717) is 31.5 Å². The van der Waals surface area contributed by atoms with Crippen molar-refractivity contribution in [3.8, 4) is 0 Å². The summed E-state index contributed by atoms with van der Waals surface area (Å²) in [6, 6.07) is 0.107. The molecule has 2 amide bonds. The number of nitrogens with zero attached hydrogens (tertiary/aromatic N) is 1. The molecule has 4 aliphatic carbocycles. The van der Waals surface area contributed by atoms with Crippen LogP contribution in [-0.2, 0) is 14.3 Å². The van der Waals surface area contributed by atoms with Gasteiger partial charge in [0.2, 0.25) is 11.8 Å². The van der Waals surface area contributed by atoms with Crippen molar-refractivity contribution in [2.45, 2.75) is 76.9 Å². The van der Waals surface area contributed by atoms with E-state index in [-0.39, 0.29) is 35.8 Å². The van der Waals surface area contributed by atoms with Crippen LogP contribution in [0.1, 0.15) is 65.2 Å². The van der Waals surface area contributed by atoms with Gasteiger partial charge in [0.15, 0.2) is 0 Å². The number of likely N-dealkylation sites (tertiary alicyclic amines) is 1. The van der Waals surface area contributed by atoms with E-state index in [1.54, 1.807) is 0 Å². The van der Waals surface area contributed by atoms with E-state index in [1.165, 1.54) is 6.42 Å². The van der Waals surface area contributed by atoms with Crippen molar-refractivity contribution in [2.24, 2.45) is 23.2 Å². The predicted molar refractivity (Wildman–Crippen MR) is 105 cm³/mol.